The van der Waals surface area contributed by atoms with Gasteiger partial charge in [-0.1, -0.05) is 65.9 Å². The Bertz CT molecular complexity index is 660. The SMILES string of the molecule is CC(C)(O)C#C[C@](O)(c1ccccc1)c1ccc(Cl)cc1. The second kappa shape index (κ2) is 5.91. The van der Waals surface area contributed by atoms with Crippen LogP contribution in [0.4, 0.5) is 0 Å². The van der Waals surface area contributed by atoms with Crippen LogP contribution in [0, 0.1) is 11.8 Å². The summed E-state index contributed by atoms with van der Waals surface area (Å²) in [6.07, 6.45) is 0. The molecule has 108 valence electrons. The summed E-state index contributed by atoms with van der Waals surface area (Å²) in [5, 5.41) is 21.5. The molecule has 0 aliphatic carbocycles. The standard InChI is InChI=1S/C18H17ClO2/c1-17(2,20)12-13-18(21,14-6-4-3-5-7-14)15-8-10-16(19)11-9-15/h3-11,20-21H,1-2H3/t18-/m0/s1. The highest BCUT2D eigenvalue weighted by molar-refractivity contribution is 6.30. The molecule has 3 heteroatoms. The van der Waals surface area contributed by atoms with Gasteiger partial charge < -0.3 is 10.2 Å². The highest BCUT2D eigenvalue weighted by atomic mass is 35.5. The highest BCUT2D eigenvalue weighted by Gasteiger charge is 2.29. The topological polar surface area (TPSA) is 40.5 Å². The zero-order valence-electron chi connectivity index (χ0n) is 12.0. The molecule has 0 spiro atoms. The third kappa shape index (κ3) is 3.86. The second-order valence-electron chi connectivity index (χ2n) is 5.39. The summed E-state index contributed by atoms with van der Waals surface area (Å²) in [4.78, 5) is 0. The van der Waals surface area contributed by atoms with E-state index < -0.39 is 11.2 Å². The molecule has 0 fully saturated rings. The van der Waals surface area contributed by atoms with Crippen molar-refractivity contribution >= 4 is 11.6 Å². The second-order valence-corrected chi connectivity index (χ2v) is 5.83. The fourth-order valence-corrected chi connectivity index (χ4v) is 2.05. The normalized spacial score (nSPS) is 14.0. The number of aliphatic hydroxyl groups is 2. The Hall–Kier alpha value is -1.79. The predicted molar refractivity (Wildman–Crippen MR) is 85.0 cm³/mol. The molecule has 21 heavy (non-hydrogen) atoms. The van der Waals surface area contributed by atoms with Gasteiger partial charge in [0, 0.05) is 16.1 Å². The van der Waals surface area contributed by atoms with E-state index in [-0.39, 0.29) is 0 Å². The van der Waals surface area contributed by atoms with Crippen molar-refractivity contribution in [3.05, 3.63) is 70.7 Å². The molecule has 0 radical (unpaired) electrons. The van der Waals surface area contributed by atoms with Crippen LogP contribution in [0.15, 0.2) is 54.6 Å². The monoisotopic (exact) mass is 300 g/mol. The van der Waals surface area contributed by atoms with Crippen LogP contribution < -0.4 is 0 Å². The van der Waals surface area contributed by atoms with Crippen LogP contribution in [-0.4, -0.2) is 15.8 Å². The van der Waals surface area contributed by atoms with Gasteiger partial charge in [0.15, 0.2) is 5.60 Å². The molecule has 2 rings (SSSR count). The maximum Gasteiger partial charge on any atom is 0.176 e. The average Bonchev–Trinajstić information content (AvgIpc) is 2.46. The van der Waals surface area contributed by atoms with Gasteiger partial charge in [-0.15, -0.1) is 0 Å². The molecule has 0 aliphatic heterocycles. The zero-order chi connectivity index (χ0) is 15.5. The third-order valence-electron chi connectivity index (χ3n) is 3.00. The molecule has 2 N–H and O–H groups in total. The lowest BCUT2D eigenvalue weighted by atomic mass is 9.86. The van der Waals surface area contributed by atoms with E-state index in [1.165, 1.54) is 0 Å². The molecule has 0 heterocycles. The number of hydrogen-bond donors (Lipinski definition) is 2. The highest BCUT2D eigenvalue weighted by Crippen LogP contribution is 2.30. The van der Waals surface area contributed by atoms with Crippen LogP contribution in [0.25, 0.3) is 0 Å². The number of hydrogen-bond acceptors (Lipinski definition) is 2. The Kier molecular flexibility index (Phi) is 4.39. The quantitative estimate of drug-likeness (QED) is 0.835. The van der Waals surface area contributed by atoms with E-state index in [1.54, 1.807) is 50.2 Å². The van der Waals surface area contributed by atoms with E-state index in [4.69, 9.17) is 11.6 Å². The van der Waals surface area contributed by atoms with Gasteiger partial charge in [0.05, 0.1) is 0 Å². The van der Waals surface area contributed by atoms with Crippen molar-refractivity contribution in [1.29, 1.82) is 0 Å². The van der Waals surface area contributed by atoms with E-state index in [9.17, 15) is 10.2 Å². The first-order chi connectivity index (χ1) is 9.81. The minimum atomic E-state index is -1.49. The fourth-order valence-electron chi connectivity index (χ4n) is 1.92. The van der Waals surface area contributed by atoms with E-state index in [2.05, 4.69) is 11.8 Å². The third-order valence-corrected chi connectivity index (χ3v) is 3.25. The molecule has 0 amide bonds. The Morgan fingerprint density at radius 1 is 0.810 bits per heavy atom. The van der Waals surface area contributed by atoms with Gasteiger partial charge in [-0.2, -0.15) is 0 Å². The number of halogens is 1. The molecule has 0 aliphatic rings. The summed E-state index contributed by atoms with van der Waals surface area (Å²) in [5.41, 5.74) is -1.43. The smallest absolute Gasteiger partial charge is 0.176 e. The summed E-state index contributed by atoms with van der Waals surface area (Å²) < 4.78 is 0. The summed E-state index contributed by atoms with van der Waals surface area (Å²) in [6.45, 7) is 3.15. The first-order valence-corrected chi connectivity index (χ1v) is 7.00. The summed E-state index contributed by atoms with van der Waals surface area (Å²) in [6, 6.07) is 16.0. The van der Waals surface area contributed by atoms with Crippen molar-refractivity contribution in [1.82, 2.24) is 0 Å². The maximum absolute atomic E-state index is 11.1. The first kappa shape index (κ1) is 15.6. The lowest BCUT2D eigenvalue weighted by Gasteiger charge is -2.24. The van der Waals surface area contributed by atoms with Crippen LogP contribution in [-0.2, 0) is 5.60 Å². The summed E-state index contributed by atoms with van der Waals surface area (Å²) in [5.74, 6) is 5.50. The van der Waals surface area contributed by atoms with Crippen molar-refractivity contribution in [3.8, 4) is 11.8 Å². The molecule has 0 saturated heterocycles. The Labute approximate surface area is 130 Å². The lowest BCUT2D eigenvalue weighted by molar-refractivity contribution is 0.132. The lowest BCUT2D eigenvalue weighted by Crippen LogP contribution is -2.27. The molecular formula is C18H17ClO2. The van der Waals surface area contributed by atoms with Crippen molar-refractivity contribution in [2.45, 2.75) is 25.0 Å². The number of benzene rings is 2. The van der Waals surface area contributed by atoms with E-state index in [0.717, 1.165) is 0 Å². The van der Waals surface area contributed by atoms with Crippen molar-refractivity contribution in [3.63, 3.8) is 0 Å². The molecule has 2 aromatic rings. The minimum absolute atomic E-state index is 0.588. The van der Waals surface area contributed by atoms with Crippen molar-refractivity contribution in [2.24, 2.45) is 0 Å². The molecule has 1 atom stereocenters. The van der Waals surface area contributed by atoms with Crippen LogP contribution in [0.5, 0.6) is 0 Å². The van der Waals surface area contributed by atoms with Crippen LogP contribution in [0.1, 0.15) is 25.0 Å². The van der Waals surface area contributed by atoms with Crippen molar-refractivity contribution in [2.75, 3.05) is 0 Å². The van der Waals surface area contributed by atoms with Gasteiger partial charge in [0.25, 0.3) is 0 Å². The molecule has 0 aromatic heterocycles. The van der Waals surface area contributed by atoms with E-state index >= 15 is 0 Å². The van der Waals surface area contributed by atoms with Crippen LogP contribution in [0.3, 0.4) is 0 Å². The fraction of sp³-hybridized carbons (Fsp3) is 0.222. The number of rotatable bonds is 2. The Morgan fingerprint density at radius 3 is 1.86 bits per heavy atom. The van der Waals surface area contributed by atoms with Crippen LogP contribution >= 0.6 is 11.6 Å². The molecular weight excluding hydrogens is 284 g/mol. The van der Waals surface area contributed by atoms with E-state index in [1.807, 2.05) is 18.2 Å². The average molecular weight is 301 g/mol. The largest absolute Gasteiger partial charge is 0.378 e. The predicted octanol–water partition coefficient (Wildman–Crippen LogP) is 3.35. The molecule has 2 aromatic carbocycles. The molecule has 2 nitrogen and oxygen atoms in total. The van der Waals surface area contributed by atoms with Crippen molar-refractivity contribution < 1.29 is 10.2 Å². The van der Waals surface area contributed by atoms with Gasteiger partial charge in [0.1, 0.15) is 5.60 Å². The molecule has 0 unspecified atom stereocenters. The van der Waals surface area contributed by atoms with Gasteiger partial charge in [0.2, 0.25) is 0 Å². The van der Waals surface area contributed by atoms with Gasteiger partial charge in [-0.3, -0.25) is 0 Å². The minimum Gasteiger partial charge on any atom is -0.378 e. The zero-order valence-corrected chi connectivity index (χ0v) is 12.7. The Morgan fingerprint density at radius 2 is 1.33 bits per heavy atom. The van der Waals surface area contributed by atoms with Gasteiger partial charge in [-0.25, -0.2) is 0 Å². The van der Waals surface area contributed by atoms with Gasteiger partial charge >= 0.3 is 0 Å². The van der Waals surface area contributed by atoms with Gasteiger partial charge in [-0.05, 0) is 26.0 Å². The first-order valence-electron chi connectivity index (χ1n) is 6.62. The van der Waals surface area contributed by atoms with Crippen LogP contribution in [0.2, 0.25) is 5.02 Å². The summed E-state index contributed by atoms with van der Waals surface area (Å²) in [7, 11) is 0. The maximum atomic E-state index is 11.1. The Balaban J connectivity index is 2.58. The van der Waals surface area contributed by atoms with E-state index in [0.29, 0.717) is 16.1 Å². The summed E-state index contributed by atoms with van der Waals surface area (Å²) >= 11 is 5.90. The molecule has 0 bridgehead atoms. The molecule has 0 saturated carbocycles.